The summed E-state index contributed by atoms with van der Waals surface area (Å²) in [4.78, 5) is 5.42. The molecule has 0 amide bonds. The second kappa shape index (κ2) is 6.64. The number of nitrogens with two attached hydrogens (primary N) is 1. The summed E-state index contributed by atoms with van der Waals surface area (Å²) in [6.45, 7) is 5.85. The Morgan fingerprint density at radius 1 is 1.23 bits per heavy atom. The third-order valence-electron chi connectivity index (χ3n) is 5.66. The first kappa shape index (κ1) is 17.7. The molecule has 6 nitrogen and oxygen atoms in total. The summed E-state index contributed by atoms with van der Waals surface area (Å²) in [6.07, 6.45) is 5.38. The minimum atomic E-state index is -1.56. The molecule has 1 aliphatic carbocycles. The minimum absolute atomic E-state index is 0.0716. The van der Waals surface area contributed by atoms with Gasteiger partial charge in [0.1, 0.15) is 6.07 Å². The highest BCUT2D eigenvalue weighted by Gasteiger charge is 2.55. The van der Waals surface area contributed by atoms with Gasteiger partial charge in [-0.25, -0.2) is 0 Å². The zero-order valence-electron chi connectivity index (χ0n) is 14.9. The Balaban J connectivity index is 2.29. The first-order valence-electron chi connectivity index (χ1n) is 8.67. The van der Waals surface area contributed by atoms with Crippen LogP contribution in [-0.4, -0.2) is 24.1 Å². The first-order chi connectivity index (χ1) is 12.5. The van der Waals surface area contributed by atoms with Crippen LogP contribution >= 0.6 is 0 Å². The van der Waals surface area contributed by atoms with Gasteiger partial charge in [0.2, 0.25) is 0 Å². The number of pyridine rings is 1. The average Bonchev–Trinajstić information content (AvgIpc) is 2.67. The monoisotopic (exact) mass is 345 g/mol. The molecule has 1 aliphatic heterocycles. The Kier molecular flexibility index (Phi) is 4.51. The Labute approximate surface area is 153 Å². The molecule has 3 rings (SSSR count). The van der Waals surface area contributed by atoms with Crippen molar-refractivity contribution < 1.29 is 4.90 Å². The van der Waals surface area contributed by atoms with Crippen LogP contribution in [0.5, 0.6) is 0 Å². The Bertz CT molecular complexity index is 877. The number of nitrogens with zero attached hydrogens (tertiary/aromatic N) is 4. The highest BCUT2D eigenvalue weighted by atomic mass is 15.2. The van der Waals surface area contributed by atoms with Gasteiger partial charge in [0.15, 0.2) is 5.41 Å². The fraction of sp³-hybridized carbons (Fsp3) is 0.400. The number of hydrogen-bond donors (Lipinski definition) is 2. The van der Waals surface area contributed by atoms with E-state index < -0.39 is 11.3 Å². The molecule has 0 radical (unpaired) electrons. The smallest absolute Gasteiger partial charge is 0.191 e. The van der Waals surface area contributed by atoms with Crippen LogP contribution in [0.4, 0.5) is 0 Å². The molecule has 0 aromatic carbocycles. The molecular formula is C20H21N6+. The summed E-state index contributed by atoms with van der Waals surface area (Å²) in [7, 11) is 0. The van der Waals surface area contributed by atoms with Crippen molar-refractivity contribution in [2.24, 2.45) is 17.1 Å². The van der Waals surface area contributed by atoms with Crippen molar-refractivity contribution in [1.29, 1.82) is 15.8 Å². The number of rotatable bonds is 2. The van der Waals surface area contributed by atoms with Crippen molar-refractivity contribution in [1.82, 2.24) is 4.98 Å². The lowest BCUT2D eigenvalue weighted by Gasteiger charge is -2.44. The number of hydrogen-bond acceptors (Lipinski definition) is 5. The van der Waals surface area contributed by atoms with E-state index in [0.717, 1.165) is 24.2 Å². The van der Waals surface area contributed by atoms with Gasteiger partial charge in [-0.15, -0.1) is 0 Å². The van der Waals surface area contributed by atoms with Crippen molar-refractivity contribution in [3.63, 3.8) is 0 Å². The molecule has 3 atom stereocenters. The summed E-state index contributed by atoms with van der Waals surface area (Å²) in [6, 6.07) is 10.5. The Morgan fingerprint density at radius 3 is 2.42 bits per heavy atom. The van der Waals surface area contributed by atoms with Crippen LogP contribution in [0.2, 0.25) is 0 Å². The molecule has 0 saturated carbocycles. The number of aromatic nitrogens is 1. The van der Waals surface area contributed by atoms with Crippen LogP contribution in [0.15, 0.2) is 47.4 Å². The van der Waals surface area contributed by atoms with Crippen molar-refractivity contribution in [3.05, 3.63) is 53.0 Å². The second-order valence-corrected chi connectivity index (χ2v) is 7.18. The largest absolute Gasteiger partial charge is 0.399 e. The van der Waals surface area contributed by atoms with E-state index in [2.05, 4.69) is 43.1 Å². The molecule has 6 heteroatoms. The van der Waals surface area contributed by atoms with E-state index in [4.69, 9.17) is 5.73 Å². The fourth-order valence-corrected chi connectivity index (χ4v) is 4.21. The van der Waals surface area contributed by atoms with E-state index in [1.54, 1.807) is 12.4 Å². The van der Waals surface area contributed by atoms with Crippen LogP contribution in [0.3, 0.4) is 0 Å². The number of nitriles is 3. The molecule has 3 unspecified atom stereocenters. The molecular weight excluding hydrogens is 324 g/mol. The van der Waals surface area contributed by atoms with Gasteiger partial charge in [-0.05, 0) is 43.2 Å². The Hall–Kier alpha value is -3.14. The van der Waals surface area contributed by atoms with E-state index >= 15 is 0 Å². The predicted molar refractivity (Wildman–Crippen MR) is 94.9 cm³/mol. The van der Waals surface area contributed by atoms with Crippen molar-refractivity contribution in [3.8, 4) is 18.2 Å². The normalized spacial score (nSPS) is 26.9. The van der Waals surface area contributed by atoms with Gasteiger partial charge in [-0.3, -0.25) is 4.98 Å². The maximum atomic E-state index is 9.98. The minimum Gasteiger partial charge on any atom is -0.399 e. The van der Waals surface area contributed by atoms with Gasteiger partial charge in [0, 0.05) is 24.2 Å². The zero-order chi connectivity index (χ0) is 18.9. The van der Waals surface area contributed by atoms with E-state index in [9.17, 15) is 15.8 Å². The van der Waals surface area contributed by atoms with Gasteiger partial charge in [-0.2, -0.15) is 15.8 Å². The van der Waals surface area contributed by atoms with Crippen molar-refractivity contribution >= 4 is 0 Å². The quantitative estimate of drug-likeness (QED) is 0.822. The lowest BCUT2D eigenvalue weighted by Crippen LogP contribution is -3.16. The molecule has 2 aliphatic rings. The molecule has 1 aromatic heterocycles. The predicted octanol–water partition coefficient (Wildman–Crippen LogP) is 0.798. The van der Waals surface area contributed by atoms with E-state index in [0.29, 0.717) is 11.6 Å². The Morgan fingerprint density at radius 2 is 1.88 bits per heavy atom. The summed E-state index contributed by atoms with van der Waals surface area (Å²) in [5, 5.41) is 29.7. The molecule has 0 saturated heterocycles. The van der Waals surface area contributed by atoms with Gasteiger partial charge in [0.25, 0.3) is 0 Å². The fourth-order valence-electron chi connectivity index (χ4n) is 4.21. The van der Waals surface area contributed by atoms with E-state index in [-0.39, 0.29) is 11.6 Å². The van der Waals surface area contributed by atoms with Crippen LogP contribution in [0, 0.1) is 45.3 Å². The lowest BCUT2D eigenvalue weighted by molar-refractivity contribution is -0.920. The molecule has 0 bridgehead atoms. The standard InChI is InChI=1S/C20H20N6/c1-13(2)26-8-5-15-16(9-21)19(24)20(11-22,12-23)18(17(15)10-26)14-3-6-25-7-4-14/h3-7,13,17-18H,8,10,24H2,1-2H3/p+1. The third kappa shape index (κ3) is 2.46. The number of nitrogens with one attached hydrogen (secondary N) is 1. The topological polar surface area (TPSA) is 115 Å². The first-order valence-corrected chi connectivity index (χ1v) is 8.67. The highest BCUT2D eigenvalue weighted by molar-refractivity contribution is 5.59. The molecule has 0 fully saturated rings. The lowest BCUT2D eigenvalue weighted by atomic mass is 9.58. The van der Waals surface area contributed by atoms with Crippen molar-refractivity contribution in [2.75, 3.05) is 13.1 Å². The number of allylic oxidation sites excluding steroid dienone is 2. The zero-order valence-corrected chi connectivity index (χ0v) is 14.9. The maximum absolute atomic E-state index is 9.98. The summed E-state index contributed by atoms with van der Waals surface area (Å²) >= 11 is 0. The van der Waals surface area contributed by atoms with E-state index in [1.165, 1.54) is 4.90 Å². The second-order valence-electron chi connectivity index (χ2n) is 7.18. The SMILES string of the molecule is CC(C)[NH+]1CC=C2C(C#N)=C(N)C(C#N)(C#N)C(c3ccncc3)C2C1. The average molecular weight is 345 g/mol. The van der Waals surface area contributed by atoms with Crippen molar-refractivity contribution in [2.45, 2.75) is 25.8 Å². The molecule has 3 N–H and O–H groups in total. The molecule has 1 aromatic rings. The summed E-state index contributed by atoms with van der Waals surface area (Å²) in [5.74, 6) is -0.553. The molecule has 0 spiro atoms. The molecule has 2 heterocycles. The molecule has 130 valence electrons. The van der Waals surface area contributed by atoms with Gasteiger partial charge in [-0.1, -0.05) is 0 Å². The maximum Gasteiger partial charge on any atom is 0.191 e. The number of quaternary nitrogens is 1. The van der Waals surface area contributed by atoms with E-state index in [1.807, 2.05) is 12.1 Å². The summed E-state index contributed by atoms with van der Waals surface area (Å²) < 4.78 is 0. The van der Waals surface area contributed by atoms with Gasteiger partial charge < -0.3 is 10.6 Å². The van der Waals surface area contributed by atoms with Crippen LogP contribution in [0.1, 0.15) is 25.3 Å². The van der Waals surface area contributed by atoms with Crippen LogP contribution in [0.25, 0.3) is 0 Å². The van der Waals surface area contributed by atoms with Crippen LogP contribution < -0.4 is 10.6 Å². The van der Waals surface area contributed by atoms with Crippen LogP contribution in [-0.2, 0) is 0 Å². The number of fused-ring (bicyclic) bond motifs is 1. The highest BCUT2D eigenvalue weighted by Crippen LogP contribution is 2.52. The van der Waals surface area contributed by atoms with Gasteiger partial charge >= 0.3 is 0 Å². The summed E-state index contributed by atoms with van der Waals surface area (Å²) in [5.41, 5.74) is 6.80. The van der Waals surface area contributed by atoms with Gasteiger partial charge in [0.05, 0.1) is 42.5 Å². The third-order valence-corrected chi connectivity index (χ3v) is 5.66. The molecule has 26 heavy (non-hydrogen) atoms.